The molecule has 3 N–H and O–H groups in total. The van der Waals surface area contributed by atoms with Gasteiger partial charge in [-0.3, -0.25) is 4.79 Å². The maximum Gasteiger partial charge on any atom is 0.255 e. The molecule has 1 aromatic rings. The highest BCUT2D eigenvalue weighted by Gasteiger charge is 2.31. The van der Waals surface area contributed by atoms with Gasteiger partial charge in [0.05, 0.1) is 10.6 Å². The molecule has 0 saturated carbocycles. The lowest BCUT2D eigenvalue weighted by molar-refractivity contribution is 0.0786. The molecule has 5 heteroatoms. The minimum Gasteiger partial charge on any atom is -0.508 e. The maximum atomic E-state index is 12.2. The first-order valence-corrected chi connectivity index (χ1v) is 5.90. The molecule has 1 aliphatic rings. The number of phenolic OH excluding ortho intramolecular Hbond substituents is 1. The molecule has 2 unspecified atom stereocenters. The van der Waals surface area contributed by atoms with E-state index in [9.17, 15) is 9.90 Å². The third-order valence-corrected chi connectivity index (χ3v) is 3.47. The van der Waals surface area contributed by atoms with Crippen LogP contribution in [0.15, 0.2) is 18.2 Å². The van der Waals surface area contributed by atoms with Crippen molar-refractivity contribution in [1.29, 1.82) is 0 Å². The number of rotatable bonds is 1. The number of halogens is 1. The second-order valence-corrected chi connectivity index (χ2v) is 4.92. The number of phenols is 1. The van der Waals surface area contributed by atoms with Gasteiger partial charge in [-0.2, -0.15) is 0 Å². The van der Waals surface area contributed by atoms with Gasteiger partial charge >= 0.3 is 0 Å². The lowest BCUT2D eigenvalue weighted by atomic mass is 10.1. The molecule has 17 heavy (non-hydrogen) atoms. The predicted molar refractivity (Wildman–Crippen MR) is 66.2 cm³/mol. The van der Waals surface area contributed by atoms with Crippen molar-refractivity contribution in [3.63, 3.8) is 0 Å². The van der Waals surface area contributed by atoms with Crippen molar-refractivity contribution in [2.45, 2.75) is 13.0 Å². The fourth-order valence-electron chi connectivity index (χ4n) is 2.01. The normalized spacial score (nSPS) is 24.1. The molecule has 2 rings (SSSR count). The Hall–Kier alpha value is -1.26. The van der Waals surface area contributed by atoms with Gasteiger partial charge in [0.25, 0.3) is 5.91 Å². The molecule has 1 aliphatic heterocycles. The van der Waals surface area contributed by atoms with Gasteiger partial charge in [0.2, 0.25) is 0 Å². The van der Waals surface area contributed by atoms with E-state index < -0.39 is 0 Å². The molecule has 2 atom stereocenters. The lowest BCUT2D eigenvalue weighted by Crippen LogP contribution is -2.32. The second-order valence-electron chi connectivity index (χ2n) is 4.52. The standard InChI is InChI=1S/C12H15ClN2O2/c1-7-5-15(6-11(7)14)12(17)9-4-8(16)2-3-10(9)13/h2-4,7,11,16H,5-6,14H2,1H3. The van der Waals surface area contributed by atoms with Crippen molar-refractivity contribution in [2.24, 2.45) is 11.7 Å². The Balaban J connectivity index is 2.23. The van der Waals surface area contributed by atoms with Gasteiger partial charge in [-0.1, -0.05) is 18.5 Å². The molecule has 0 radical (unpaired) electrons. The van der Waals surface area contributed by atoms with Crippen LogP contribution in [0.25, 0.3) is 0 Å². The van der Waals surface area contributed by atoms with Crippen molar-refractivity contribution in [1.82, 2.24) is 4.90 Å². The molecule has 0 aliphatic carbocycles. The molecule has 0 aromatic heterocycles. The van der Waals surface area contributed by atoms with E-state index in [1.807, 2.05) is 6.92 Å². The van der Waals surface area contributed by atoms with E-state index in [0.29, 0.717) is 23.7 Å². The monoisotopic (exact) mass is 254 g/mol. The Morgan fingerprint density at radius 1 is 1.53 bits per heavy atom. The van der Waals surface area contributed by atoms with Crippen molar-refractivity contribution in [3.8, 4) is 5.75 Å². The summed E-state index contributed by atoms with van der Waals surface area (Å²) < 4.78 is 0. The van der Waals surface area contributed by atoms with Crippen LogP contribution >= 0.6 is 11.6 Å². The molecule has 1 amide bonds. The molecule has 1 saturated heterocycles. The summed E-state index contributed by atoms with van der Waals surface area (Å²) >= 11 is 5.95. The Kier molecular flexibility index (Phi) is 3.26. The van der Waals surface area contributed by atoms with Crippen LogP contribution in [0.5, 0.6) is 5.75 Å². The number of carbonyl (C=O) groups is 1. The van der Waals surface area contributed by atoms with Gasteiger partial charge in [0.15, 0.2) is 0 Å². The Morgan fingerprint density at radius 3 is 2.82 bits per heavy atom. The molecule has 4 nitrogen and oxygen atoms in total. The van der Waals surface area contributed by atoms with Gasteiger partial charge in [-0.25, -0.2) is 0 Å². The van der Waals surface area contributed by atoms with Crippen LogP contribution in [0.4, 0.5) is 0 Å². The highest BCUT2D eigenvalue weighted by atomic mass is 35.5. The minimum absolute atomic E-state index is 0.00929. The van der Waals surface area contributed by atoms with Crippen LogP contribution in [0, 0.1) is 5.92 Å². The number of nitrogens with zero attached hydrogens (tertiary/aromatic N) is 1. The van der Waals surface area contributed by atoms with Gasteiger partial charge < -0.3 is 15.7 Å². The fourth-order valence-corrected chi connectivity index (χ4v) is 2.20. The van der Waals surface area contributed by atoms with Crippen LogP contribution in [0.3, 0.4) is 0 Å². The van der Waals surface area contributed by atoms with E-state index in [0.717, 1.165) is 0 Å². The van der Waals surface area contributed by atoms with Gasteiger partial charge in [-0.15, -0.1) is 0 Å². The summed E-state index contributed by atoms with van der Waals surface area (Å²) in [7, 11) is 0. The Morgan fingerprint density at radius 2 is 2.24 bits per heavy atom. The van der Waals surface area contributed by atoms with Crippen LogP contribution in [0.1, 0.15) is 17.3 Å². The molecule has 1 fully saturated rings. The van der Waals surface area contributed by atoms with Crippen LogP contribution < -0.4 is 5.73 Å². The molecular formula is C12H15ClN2O2. The van der Waals surface area contributed by atoms with E-state index in [2.05, 4.69) is 0 Å². The smallest absolute Gasteiger partial charge is 0.255 e. The zero-order valence-electron chi connectivity index (χ0n) is 9.56. The molecule has 0 spiro atoms. The molecule has 92 valence electrons. The first-order valence-electron chi connectivity index (χ1n) is 5.52. The summed E-state index contributed by atoms with van der Waals surface area (Å²) in [5, 5.41) is 9.73. The first-order chi connectivity index (χ1) is 7.99. The summed E-state index contributed by atoms with van der Waals surface area (Å²) in [6, 6.07) is 4.37. The number of nitrogens with two attached hydrogens (primary N) is 1. The number of benzene rings is 1. The predicted octanol–water partition coefficient (Wildman–Crippen LogP) is 1.46. The van der Waals surface area contributed by atoms with Crippen LogP contribution in [-0.4, -0.2) is 35.0 Å². The summed E-state index contributed by atoms with van der Waals surface area (Å²) in [4.78, 5) is 13.9. The number of likely N-dealkylation sites (tertiary alicyclic amines) is 1. The zero-order chi connectivity index (χ0) is 12.6. The third-order valence-electron chi connectivity index (χ3n) is 3.14. The van der Waals surface area contributed by atoms with Crippen molar-refractivity contribution >= 4 is 17.5 Å². The summed E-state index contributed by atoms with van der Waals surface area (Å²) in [6.45, 7) is 3.18. The molecule has 1 heterocycles. The number of hydrogen-bond donors (Lipinski definition) is 2. The first kappa shape index (κ1) is 12.2. The highest BCUT2D eigenvalue weighted by Crippen LogP contribution is 2.25. The largest absolute Gasteiger partial charge is 0.508 e. The molecule has 1 aromatic carbocycles. The fraction of sp³-hybridized carbons (Fsp3) is 0.417. The SMILES string of the molecule is CC1CN(C(=O)c2cc(O)ccc2Cl)CC1N. The van der Waals surface area contributed by atoms with Gasteiger partial charge in [0.1, 0.15) is 5.75 Å². The minimum atomic E-state index is -0.175. The number of aromatic hydroxyl groups is 1. The lowest BCUT2D eigenvalue weighted by Gasteiger charge is -2.16. The van der Waals surface area contributed by atoms with E-state index in [1.54, 1.807) is 4.90 Å². The topological polar surface area (TPSA) is 66.6 Å². The molecular weight excluding hydrogens is 240 g/mol. The second kappa shape index (κ2) is 4.55. The van der Waals surface area contributed by atoms with Crippen LogP contribution in [0.2, 0.25) is 5.02 Å². The zero-order valence-corrected chi connectivity index (χ0v) is 10.3. The van der Waals surface area contributed by atoms with E-state index in [1.165, 1.54) is 18.2 Å². The van der Waals surface area contributed by atoms with Crippen molar-refractivity contribution in [3.05, 3.63) is 28.8 Å². The number of amides is 1. The molecule has 0 bridgehead atoms. The van der Waals surface area contributed by atoms with Gasteiger partial charge in [-0.05, 0) is 24.1 Å². The summed E-state index contributed by atoms with van der Waals surface area (Å²) in [6.07, 6.45) is 0. The van der Waals surface area contributed by atoms with Crippen molar-refractivity contribution in [2.75, 3.05) is 13.1 Å². The highest BCUT2D eigenvalue weighted by molar-refractivity contribution is 6.33. The average molecular weight is 255 g/mol. The van der Waals surface area contributed by atoms with Gasteiger partial charge in [0, 0.05) is 19.1 Å². The quantitative estimate of drug-likeness (QED) is 0.798. The number of carbonyl (C=O) groups excluding carboxylic acids is 1. The number of hydrogen-bond acceptors (Lipinski definition) is 3. The Labute approximate surface area is 105 Å². The maximum absolute atomic E-state index is 12.2. The van der Waals surface area contributed by atoms with E-state index >= 15 is 0 Å². The summed E-state index contributed by atoms with van der Waals surface area (Å²) in [5.41, 5.74) is 6.20. The third kappa shape index (κ3) is 2.37. The van der Waals surface area contributed by atoms with Crippen LogP contribution in [-0.2, 0) is 0 Å². The Bertz CT molecular complexity index is 440. The summed E-state index contributed by atoms with van der Waals surface area (Å²) in [5.74, 6) is 0.148. The average Bonchev–Trinajstić information content (AvgIpc) is 2.62. The van der Waals surface area contributed by atoms with Crippen molar-refractivity contribution < 1.29 is 9.90 Å². The van der Waals surface area contributed by atoms with E-state index in [4.69, 9.17) is 17.3 Å². The van der Waals surface area contributed by atoms with E-state index in [-0.39, 0.29) is 23.6 Å².